The van der Waals surface area contributed by atoms with E-state index in [0.29, 0.717) is 17.9 Å². The summed E-state index contributed by atoms with van der Waals surface area (Å²) >= 11 is 0. The molecule has 1 saturated heterocycles. The third-order valence-electron chi connectivity index (χ3n) is 2.56. The highest BCUT2D eigenvalue weighted by molar-refractivity contribution is 6.00. The second-order valence-corrected chi connectivity index (χ2v) is 3.90. The van der Waals surface area contributed by atoms with Crippen LogP contribution >= 0.6 is 0 Å². The van der Waals surface area contributed by atoms with Crippen LogP contribution in [0, 0.1) is 6.92 Å². The average Bonchev–Trinajstić information content (AvgIpc) is 3.01. The number of Topliss-reactive ketones (excluding diaryl/α,β-unsaturated/α-hetero) is 1. The molecule has 80 valence electrons. The van der Waals surface area contributed by atoms with E-state index in [2.05, 4.69) is 4.90 Å². The highest BCUT2D eigenvalue weighted by Crippen LogP contribution is 2.21. The van der Waals surface area contributed by atoms with Crippen LogP contribution in [0.15, 0.2) is 18.2 Å². The van der Waals surface area contributed by atoms with Crippen LogP contribution in [0.2, 0.25) is 0 Å². The Bertz CT molecular complexity index is 383. The molecule has 0 atom stereocenters. The average molecular weight is 205 g/mol. The maximum atomic E-state index is 11.9. The van der Waals surface area contributed by atoms with Gasteiger partial charge in [-0.2, -0.15) is 0 Å². The van der Waals surface area contributed by atoms with Crippen LogP contribution < -0.4 is 4.74 Å². The lowest BCUT2D eigenvalue weighted by molar-refractivity contribution is 0.0971. The van der Waals surface area contributed by atoms with Crippen molar-refractivity contribution in [1.82, 2.24) is 4.90 Å². The molecule has 0 saturated carbocycles. The first-order valence-corrected chi connectivity index (χ1v) is 5.11. The maximum Gasteiger partial charge on any atom is 0.180 e. The smallest absolute Gasteiger partial charge is 0.180 e. The van der Waals surface area contributed by atoms with E-state index < -0.39 is 0 Å². The van der Waals surface area contributed by atoms with E-state index in [1.54, 1.807) is 7.11 Å². The molecule has 0 N–H and O–H groups in total. The topological polar surface area (TPSA) is 29.3 Å². The fourth-order valence-corrected chi connectivity index (χ4v) is 1.56. The summed E-state index contributed by atoms with van der Waals surface area (Å²) in [5.74, 6) is 0.820. The second kappa shape index (κ2) is 4.03. The molecule has 1 aliphatic rings. The Hall–Kier alpha value is -1.35. The third kappa shape index (κ3) is 2.36. The fourth-order valence-electron chi connectivity index (χ4n) is 1.56. The van der Waals surface area contributed by atoms with Gasteiger partial charge >= 0.3 is 0 Å². The van der Waals surface area contributed by atoms with Gasteiger partial charge in [0.2, 0.25) is 0 Å². The minimum absolute atomic E-state index is 0.146. The van der Waals surface area contributed by atoms with Gasteiger partial charge in [0.1, 0.15) is 5.75 Å². The molecule has 0 aliphatic carbocycles. The Morgan fingerprint density at radius 1 is 1.47 bits per heavy atom. The van der Waals surface area contributed by atoms with E-state index in [-0.39, 0.29) is 5.78 Å². The van der Waals surface area contributed by atoms with Crippen LogP contribution in [0.5, 0.6) is 5.75 Å². The zero-order valence-corrected chi connectivity index (χ0v) is 9.12. The summed E-state index contributed by atoms with van der Waals surface area (Å²) in [5.41, 5.74) is 1.79. The Morgan fingerprint density at radius 3 is 2.80 bits per heavy atom. The van der Waals surface area contributed by atoms with Gasteiger partial charge in [-0.3, -0.25) is 9.69 Å². The molecule has 2 rings (SSSR count). The summed E-state index contributed by atoms with van der Waals surface area (Å²) in [4.78, 5) is 14.0. The van der Waals surface area contributed by atoms with Crippen molar-refractivity contribution in [2.24, 2.45) is 0 Å². The number of ketones is 1. The number of aryl methyl sites for hydroxylation is 1. The van der Waals surface area contributed by atoms with Gasteiger partial charge in [0.15, 0.2) is 5.78 Å². The molecule has 1 aromatic carbocycles. The van der Waals surface area contributed by atoms with Crippen molar-refractivity contribution in [3.63, 3.8) is 0 Å². The Balaban J connectivity index is 2.23. The van der Waals surface area contributed by atoms with Gasteiger partial charge in [-0.1, -0.05) is 11.6 Å². The molecular weight excluding hydrogens is 190 g/mol. The number of carbonyl (C=O) groups excluding carboxylic acids is 1. The number of methoxy groups -OCH3 is 1. The molecule has 3 nitrogen and oxygen atoms in total. The minimum atomic E-state index is 0.146. The maximum absolute atomic E-state index is 11.9. The number of hydrogen-bond donors (Lipinski definition) is 0. The monoisotopic (exact) mass is 205 g/mol. The van der Waals surface area contributed by atoms with E-state index in [9.17, 15) is 4.79 Å². The van der Waals surface area contributed by atoms with Crippen molar-refractivity contribution < 1.29 is 9.53 Å². The lowest BCUT2D eigenvalue weighted by Crippen LogP contribution is -2.14. The van der Waals surface area contributed by atoms with E-state index in [4.69, 9.17) is 4.74 Å². The number of nitrogens with zero attached hydrogens (tertiary/aromatic N) is 1. The van der Waals surface area contributed by atoms with Crippen molar-refractivity contribution in [1.29, 1.82) is 0 Å². The predicted molar refractivity (Wildman–Crippen MR) is 58.5 cm³/mol. The predicted octanol–water partition coefficient (Wildman–Crippen LogP) is 1.50. The molecule has 0 radical (unpaired) electrons. The molecule has 1 aliphatic heterocycles. The quantitative estimate of drug-likeness (QED) is 0.551. The van der Waals surface area contributed by atoms with Gasteiger partial charge in [0, 0.05) is 13.1 Å². The lowest BCUT2D eigenvalue weighted by Gasteiger charge is -2.08. The molecule has 0 spiro atoms. The fraction of sp³-hybridized carbons (Fsp3) is 0.417. The minimum Gasteiger partial charge on any atom is -0.496 e. The van der Waals surface area contributed by atoms with Gasteiger partial charge in [-0.25, -0.2) is 0 Å². The summed E-state index contributed by atoms with van der Waals surface area (Å²) in [6, 6.07) is 5.70. The van der Waals surface area contributed by atoms with E-state index in [1.807, 2.05) is 25.1 Å². The number of carbonyl (C=O) groups is 1. The molecular formula is C12H15NO2. The van der Waals surface area contributed by atoms with Crippen molar-refractivity contribution in [3.8, 4) is 5.75 Å². The van der Waals surface area contributed by atoms with E-state index in [0.717, 1.165) is 18.7 Å². The van der Waals surface area contributed by atoms with Crippen molar-refractivity contribution >= 4 is 5.78 Å². The van der Waals surface area contributed by atoms with Crippen molar-refractivity contribution in [2.45, 2.75) is 6.92 Å². The summed E-state index contributed by atoms with van der Waals surface area (Å²) in [6.45, 7) is 4.58. The summed E-state index contributed by atoms with van der Waals surface area (Å²) in [5, 5.41) is 0. The van der Waals surface area contributed by atoms with Crippen LogP contribution in [-0.2, 0) is 0 Å². The highest BCUT2D eigenvalue weighted by Gasteiger charge is 2.22. The largest absolute Gasteiger partial charge is 0.496 e. The summed E-state index contributed by atoms with van der Waals surface area (Å²) in [6.07, 6.45) is 0. The highest BCUT2D eigenvalue weighted by atomic mass is 16.5. The Kier molecular flexibility index (Phi) is 2.73. The van der Waals surface area contributed by atoms with Gasteiger partial charge in [-0.05, 0) is 19.1 Å². The van der Waals surface area contributed by atoms with Crippen LogP contribution in [0.3, 0.4) is 0 Å². The van der Waals surface area contributed by atoms with Crippen LogP contribution in [0.25, 0.3) is 0 Å². The molecule has 1 aromatic rings. The Morgan fingerprint density at radius 2 is 2.20 bits per heavy atom. The number of benzene rings is 1. The molecule has 0 unspecified atom stereocenters. The molecule has 3 heteroatoms. The Labute approximate surface area is 89.7 Å². The van der Waals surface area contributed by atoms with Crippen LogP contribution in [0.4, 0.5) is 0 Å². The van der Waals surface area contributed by atoms with Gasteiger partial charge < -0.3 is 4.74 Å². The number of ether oxygens (including phenoxy) is 1. The third-order valence-corrected chi connectivity index (χ3v) is 2.56. The molecule has 1 fully saturated rings. The molecule has 0 aromatic heterocycles. The normalized spacial score (nSPS) is 15.1. The summed E-state index contributed by atoms with van der Waals surface area (Å²) in [7, 11) is 1.60. The SMILES string of the molecule is COc1ccc(C)cc1C(=O)CN1CC1. The second-order valence-electron chi connectivity index (χ2n) is 3.90. The first kappa shape index (κ1) is 10.2. The van der Waals surface area contributed by atoms with Crippen LogP contribution in [0.1, 0.15) is 15.9 Å². The van der Waals surface area contributed by atoms with Crippen molar-refractivity contribution in [3.05, 3.63) is 29.3 Å². The number of hydrogen-bond acceptors (Lipinski definition) is 3. The van der Waals surface area contributed by atoms with Crippen molar-refractivity contribution in [2.75, 3.05) is 26.7 Å². The van der Waals surface area contributed by atoms with Gasteiger partial charge in [-0.15, -0.1) is 0 Å². The van der Waals surface area contributed by atoms with E-state index >= 15 is 0 Å². The van der Waals surface area contributed by atoms with E-state index in [1.165, 1.54) is 0 Å². The first-order valence-electron chi connectivity index (χ1n) is 5.11. The zero-order valence-electron chi connectivity index (χ0n) is 9.12. The lowest BCUT2D eigenvalue weighted by atomic mass is 10.1. The standard InChI is InChI=1S/C12H15NO2/c1-9-3-4-12(15-2)10(7-9)11(14)8-13-5-6-13/h3-4,7H,5-6,8H2,1-2H3. The van der Waals surface area contributed by atoms with Gasteiger partial charge in [0.25, 0.3) is 0 Å². The molecule has 0 amide bonds. The summed E-state index contributed by atoms with van der Waals surface area (Å²) < 4.78 is 5.18. The molecule has 0 bridgehead atoms. The molecule has 15 heavy (non-hydrogen) atoms. The van der Waals surface area contributed by atoms with Gasteiger partial charge in [0.05, 0.1) is 19.2 Å². The first-order chi connectivity index (χ1) is 7.20. The zero-order chi connectivity index (χ0) is 10.8. The number of rotatable bonds is 4. The van der Waals surface area contributed by atoms with Crippen LogP contribution in [-0.4, -0.2) is 37.4 Å². The molecule has 1 heterocycles.